The summed E-state index contributed by atoms with van der Waals surface area (Å²) in [5.41, 5.74) is 1.66. The Labute approximate surface area is 144 Å². The van der Waals surface area contributed by atoms with E-state index in [0.717, 1.165) is 11.3 Å². The number of nitrogens with one attached hydrogen (secondary N) is 2. The number of likely N-dealkylation sites (N-methyl/N-ethyl adjacent to an activating group) is 1. The van der Waals surface area contributed by atoms with Crippen LogP contribution in [0.2, 0.25) is 0 Å². The average molecular weight is 332 g/mol. The fraction of sp³-hybridized carbons (Fsp3) is 0.474. The fourth-order valence-electron chi connectivity index (χ4n) is 2.41. The van der Waals surface area contributed by atoms with E-state index in [1.54, 1.807) is 14.2 Å². The van der Waals surface area contributed by atoms with E-state index >= 15 is 0 Å². The van der Waals surface area contributed by atoms with Crippen molar-refractivity contribution >= 4 is 11.8 Å². The largest absolute Gasteiger partial charge is 0.497 e. The van der Waals surface area contributed by atoms with Crippen LogP contribution >= 0.6 is 0 Å². The highest BCUT2D eigenvalue weighted by Crippen LogP contribution is 2.14. The molecule has 0 fully saturated rings. The first-order chi connectivity index (χ1) is 11.4. The molecule has 0 bridgehead atoms. The van der Waals surface area contributed by atoms with Gasteiger partial charge in [0.2, 0.25) is 11.8 Å². The maximum atomic E-state index is 12.5. The Bertz CT molecular complexity index is 577. The molecule has 2 amide bonds. The topological polar surface area (TPSA) is 67.4 Å². The van der Waals surface area contributed by atoms with Gasteiger partial charge in [0, 0.05) is 19.0 Å². The van der Waals surface area contributed by atoms with Gasteiger partial charge >= 0.3 is 0 Å². The van der Waals surface area contributed by atoms with Gasteiger partial charge in [-0.3, -0.25) is 9.59 Å². The van der Waals surface area contributed by atoms with Crippen molar-refractivity contribution < 1.29 is 14.3 Å². The Hall–Kier alpha value is -2.30. The van der Waals surface area contributed by atoms with Crippen molar-refractivity contribution in [3.05, 3.63) is 41.5 Å². The smallest absolute Gasteiger partial charge is 0.247 e. The summed E-state index contributed by atoms with van der Waals surface area (Å²) < 4.78 is 5.13. The zero-order valence-electron chi connectivity index (χ0n) is 15.2. The monoisotopic (exact) mass is 332 g/mol. The summed E-state index contributed by atoms with van der Waals surface area (Å²) >= 11 is 0. The van der Waals surface area contributed by atoms with Gasteiger partial charge in [0.15, 0.2) is 0 Å². The molecule has 1 aromatic carbocycles. The van der Waals surface area contributed by atoms with Crippen LogP contribution in [0.3, 0.4) is 0 Å². The number of rotatable bonds is 8. The lowest BCUT2D eigenvalue weighted by atomic mass is 10.0. The number of benzene rings is 1. The molecule has 0 saturated carbocycles. The van der Waals surface area contributed by atoms with Crippen molar-refractivity contribution in [2.24, 2.45) is 5.92 Å². The number of hydrogen-bond donors (Lipinski definition) is 2. The van der Waals surface area contributed by atoms with E-state index in [2.05, 4.69) is 24.5 Å². The zero-order chi connectivity index (χ0) is 18.1. The summed E-state index contributed by atoms with van der Waals surface area (Å²) in [4.78, 5) is 24.6. The quantitative estimate of drug-likeness (QED) is 0.719. The van der Waals surface area contributed by atoms with Crippen molar-refractivity contribution in [1.29, 1.82) is 0 Å². The van der Waals surface area contributed by atoms with Crippen LogP contribution in [0.15, 0.2) is 35.9 Å². The highest BCUT2D eigenvalue weighted by molar-refractivity contribution is 5.96. The van der Waals surface area contributed by atoms with Gasteiger partial charge in [0.1, 0.15) is 11.8 Å². The van der Waals surface area contributed by atoms with Crippen molar-refractivity contribution in [1.82, 2.24) is 10.6 Å². The van der Waals surface area contributed by atoms with Gasteiger partial charge in [-0.1, -0.05) is 32.1 Å². The van der Waals surface area contributed by atoms with Crippen LogP contribution < -0.4 is 15.4 Å². The van der Waals surface area contributed by atoms with Crippen LogP contribution in [0.5, 0.6) is 5.75 Å². The molecule has 0 aromatic heterocycles. The lowest BCUT2D eigenvalue weighted by Crippen LogP contribution is -2.47. The Kier molecular flexibility index (Phi) is 8.02. The van der Waals surface area contributed by atoms with Crippen LogP contribution in [0.25, 0.3) is 0 Å². The summed E-state index contributed by atoms with van der Waals surface area (Å²) in [5.74, 6) is 0.738. The van der Waals surface area contributed by atoms with E-state index in [1.807, 2.05) is 37.3 Å². The highest BCUT2D eigenvalue weighted by atomic mass is 16.5. The normalized spacial score (nSPS) is 12.7. The molecule has 0 saturated heterocycles. The van der Waals surface area contributed by atoms with E-state index < -0.39 is 6.04 Å². The lowest BCUT2D eigenvalue weighted by molar-refractivity contribution is -0.127. The summed E-state index contributed by atoms with van der Waals surface area (Å²) in [6.07, 6.45) is 2.92. The maximum Gasteiger partial charge on any atom is 0.247 e. The molecule has 5 nitrogen and oxygen atoms in total. The molecule has 2 N–H and O–H groups in total. The summed E-state index contributed by atoms with van der Waals surface area (Å²) in [6.45, 7) is 5.96. The van der Waals surface area contributed by atoms with Gasteiger partial charge in [0.25, 0.3) is 0 Å². The molecule has 1 rings (SSSR count). The van der Waals surface area contributed by atoms with Crippen LogP contribution in [-0.4, -0.2) is 32.0 Å². The summed E-state index contributed by atoms with van der Waals surface area (Å²) in [5, 5.41) is 5.46. The second kappa shape index (κ2) is 9.75. The molecular formula is C19H28N2O3. The standard InChI is InChI=1S/C19H28N2O3/c1-6-15(11-13(2)3)18(22)21-17(19(23)20-4)12-14-7-9-16(24-5)10-8-14/h6-10,13,17H,11-12H2,1-5H3,(H,20,23)(H,21,22)/b15-6+/t17-/m0/s1. The third-order valence-electron chi connectivity index (χ3n) is 3.74. The molecule has 0 heterocycles. The first kappa shape index (κ1) is 19.7. The molecule has 1 aromatic rings. The van der Waals surface area contributed by atoms with Gasteiger partial charge in [0.05, 0.1) is 7.11 Å². The Morgan fingerprint density at radius 1 is 1.21 bits per heavy atom. The van der Waals surface area contributed by atoms with Crippen LogP contribution in [0.4, 0.5) is 0 Å². The van der Waals surface area contributed by atoms with Crippen molar-refractivity contribution in [3.8, 4) is 5.75 Å². The lowest BCUT2D eigenvalue weighted by Gasteiger charge is -2.19. The van der Waals surface area contributed by atoms with E-state index in [0.29, 0.717) is 24.3 Å². The SMILES string of the molecule is C/C=C(\CC(C)C)C(=O)N[C@@H](Cc1ccc(OC)cc1)C(=O)NC. The molecule has 0 aliphatic carbocycles. The second-order valence-electron chi connectivity index (χ2n) is 6.10. The predicted octanol–water partition coefficient (Wildman–Crippen LogP) is 2.46. The van der Waals surface area contributed by atoms with Gasteiger partial charge in [-0.15, -0.1) is 0 Å². The summed E-state index contributed by atoms with van der Waals surface area (Å²) in [7, 11) is 3.18. The fourth-order valence-corrected chi connectivity index (χ4v) is 2.41. The highest BCUT2D eigenvalue weighted by Gasteiger charge is 2.22. The minimum Gasteiger partial charge on any atom is -0.497 e. The van der Waals surface area contributed by atoms with Crippen LogP contribution in [-0.2, 0) is 16.0 Å². The number of methoxy groups -OCH3 is 1. The third-order valence-corrected chi connectivity index (χ3v) is 3.74. The number of amides is 2. The minimum atomic E-state index is -0.613. The van der Waals surface area contributed by atoms with Crippen molar-refractivity contribution in [2.75, 3.05) is 14.2 Å². The molecule has 5 heteroatoms. The molecule has 0 radical (unpaired) electrons. The minimum absolute atomic E-state index is 0.187. The van der Waals surface area contributed by atoms with Crippen molar-refractivity contribution in [3.63, 3.8) is 0 Å². The molecule has 0 spiro atoms. The Balaban J connectivity index is 2.84. The van der Waals surface area contributed by atoms with Gasteiger partial charge in [-0.2, -0.15) is 0 Å². The average Bonchev–Trinajstić information content (AvgIpc) is 2.58. The first-order valence-corrected chi connectivity index (χ1v) is 8.21. The van der Waals surface area contributed by atoms with Gasteiger partial charge in [-0.05, 0) is 37.0 Å². The molecule has 24 heavy (non-hydrogen) atoms. The molecule has 0 unspecified atom stereocenters. The molecule has 0 aliphatic heterocycles. The maximum absolute atomic E-state index is 12.5. The molecule has 132 valence electrons. The number of carbonyl (C=O) groups is 2. The zero-order valence-corrected chi connectivity index (χ0v) is 15.2. The van der Waals surface area contributed by atoms with Crippen molar-refractivity contribution in [2.45, 2.75) is 39.7 Å². The first-order valence-electron chi connectivity index (χ1n) is 8.21. The predicted molar refractivity (Wildman–Crippen MR) is 95.9 cm³/mol. The Morgan fingerprint density at radius 2 is 1.83 bits per heavy atom. The number of ether oxygens (including phenoxy) is 1. The summed E-state index contributed by atoms with van der Waals surface area (Å²) in [6, 6.07) is 6.86. The Morgan fingerprint density at radius 3 is 2.29 bits per heavy atom. The van der Waals surface area contributed by atoms with Crippen LogP contribution in [0, 0.1) is 5.92 Å². The van der Waals surface area contributed by atoms with E-state index in [1.165, 1.54) is 0 Å². The third kappa shape index (κ3) is 6.07. The number of allylic oxidation sites excluding steroid dienone is 1. The van der Waals surface area contributed by atoms with Gasteiger partial charge in [-0.25, -0.2) is 0 Å². The number of hydrogen-bond acceptors (Lipinski definition) is 3. The number of carbonyl (C=O) groups excluding carboxylic acids is 2. The molecule has 0 aliphatic rings. The molecular weight excluding hydrogens is 304 g/mol. The van der Waals surface area contributed by atoms with E-state index in [-0.39, 0.29) is 11.8 Å². The van der Waals surface area contributed by atoms with Crippen LogP contribution in [0.1, 0.15) is 32.8 Å². The van der Waals surface area contributed by atoms with E-state index in [4.69, 9.17) is 4.74 Å². The second-order valence-corrected chi connectivity index (χ2v) is 6.10. The van der Waals surface area contributed by atoms with Gasteiger partial charge < -0.3 is 15.4 Å². The molecule has 1 atom stereocenters. The van der Waals surface area contributed by atoms with E-state index in [9.17, 15) is 9.59 Å².